The lowest BCUT2D eigenvalue weighted by atomic mass is 9.80. The molecule has 134 valence electrons. The zero-order chi connectivity index (χ0) is 19.0. The smallest absolute Gasteiger partial charge is 0.120 e. The standard InChI is InChI=1S/C21H20O5/c1-11-15(23)7-9-17(25)19(11)21(13-3-5-14(22)6-4-13)20-12(2)16(24)8-10-18(20)26/h3-10,21-26H,1-2H3. The molecule has 0 saturated carbocycles. The maximum absolute atomic E-state index is 10.5. The van der Waals surface area contributed by atoms with Gasteiger partial charge in [0.25, 0.3) is 0 Å². The van der Waals surface area contributed by atoms with E-state index < -0.39 is 5.92 Å². The summed E-state index contributed by atoms with van der Waals surface area (Å²) in [5, 5.41) is 50.9. The van der Waals surface area contributed by atoms with Crippen LogP contribution in [0.25, 0.3) is 0 Å². The second-order valence-corrected chi connectivity index (χ2v) is 6.31. The van der Waals surface area contributed by atoms with Crippen LogP contribution in [-0.4, -0.2) is 25.5 Å². The van der Waals surface area contributed by atoms with Crippen LogP contribution in [0.3, 0.4) is 0 Å². The topological polar surface area (TPSA) is 101 Å². The van der Waals surface area contributed by atoms with Crippen molar-refractivity contribution in [2.45, 2.75) is 19.8 Å². The first-order valence-corrected chi connectivity index (χ1v) is 8.13. The summed E-state index contributed by atoms with van der Waals surface area (Å²) in [7, 11) is 0. The molecular weight excluding hydrogens is 332 g/mol. The summed E-state index contributed by atoms with van der Waals surface area (Å²) < 4.78 is 0. The van der Waals surface area contributed by atoms with Crippen LogP contribution in [0, 0.1) is 13.8 Å². The summed E-state index contributed by atoms with van der Waals surface area (Å²) in [6.07, 6.45) is 0. The fraction of sp³-hybridized carbons (Fsp3) is 0.143. The third-order valence-electron chi connectivity index (χ3n) is 4.73. The van der Waals surface area contributed by atoms with Crippen molar-refractivity contribution in [1.82, 2.24) is 0 Å². The van der Waals surface area contributed by atoms with Gasteiger partial charge in [-0.1, -0.05) is 12.1 Å². The number of phenols is 5. The van der Waals surface area contributed by atoms with E-state index in [1.165, 1.54) is 36.4 Å². The molecule has 0 unspecified atom stereocenters. The van der Waals surface area contributed by atoms with Gasteiger partial charge in [-0.25, -0.2) is 0 Å². The van der Waals surface area contributed by atoms with Crippen molar-refractivity contribution >= 4 is 0 Å². The minimum atomic E-state index is -0.658. The van der Waals surface area contributed by atoms with Crippen molar-refractivity contribution in [2.24, 2.45) is 0 Å². The lowest BCUT2D eigenvalue weighted by Crippen LogP contribution is -2.08. The molecule has 0 fully saturated rings. The van der Waals surface area contributed by atoms with Crippen LogP contribution in [0.15, 0.2) is 48.5 Å². The molecule has 3 rings (SSSR count). The summed E-state index contributed by atoms with van der Waals surface area (Å²) >= 11 is 0. The molecule has 5 N–H and O–H groups in total. The number of aromatic hydroxyl groups is 5. The molecule has 3 aromatic rings. The number of benzene rings is 3. The van der Waals surface area contributed by atoms with Gasteiger partial charge in [0.15, 0.2) is 0 Å². The van der Waals surface area contributed by atoms with E-state index in [1.54, 1.807) is 26.0 Å². The fourth-order valence-corrected chi connectivity index (χ4v) is 3.28. The lowest BCUT2D eigenvalue weighted by Gasteiger charge is -2.25. The van der Waals surface area contributed by atoms with E-state index in [-0.39, 0.29) is 28.7 Å². The van der Waals surface area contributed by atoms with Crippen molar-refractivity contribution in [2.75, 3.05) is 0 Å². The fourth-order valence-electron chi connectivity index (χ4n) is 3.28. The van der Waals surface area contributed by atoms with Gasteiger partial charge in [0.2, 0.25) is 0 Å². The predicted molar refractivity (Wildman–Crippen MR) is 98.1 cm³/mol. The molecule has 0 heterocycles. The highest BCUT2D eigenvalue weighted by Gasteiger charge is 2.28. The van der Waals surface area contributed by atoms with Gasteiger partial charge in [-0.2, -0.15) is 0 Å². The second-order valence-electron chi connectivity index (χ2n) is 6.31. The zero-order valence-electron chi connectivity index (χ0n) is 14.4. The van der Waals surface area contributed by atoms with Crippen LogP contribution in [0.4, 0.5) is 0 Å². The van der Waals surface area contributed by atoms with Gasteiger partial charge < -0.3 is 25.5 Å². The molecule has 0 aliphatic rings. The SMILES string of the molecule is Cc1c(O)ccc(O)c1C(c1ccc(O)cc1)c1c(O)ccc(O)c1C. The summed E-state index contributed by atoms with van der Waals surface area (Å²) in [5.74, 6) is -0.630. The first-order chi connectivity index (χ1) is 12.3. The molecule has 3 aromatic carbocycles. The Labute approximate surface area is 151 Å². The highest BCUT2D eigenvalue weighted by atomic mass is 16.3. The molecule has 0 aromatic heterocycles. The maximum Gasteiger partial charge on any atom is 0.120 e. The molecule has 5 heteroatoms. The van der Waals surface area contributed by atoms with Crippen LogP contribution < -0.4 is 0 Å². The number of hydrogen-bond acceptors (Lipinski definition) is 5. The van der Waals surface area contributed by atoms with Gasteiger partial charge in [0.05, 0.1) is 0 Å². The Morgan fingerprint density at radius 3 is 1.35 bits per heavy atom. The van der Waals surface area contributed by atoms with E-state index in [1.807, 2.05) is 0 Å². The number of rotatable bonds is 3. The van der Waals surface area contributed by atoms with Crippen LogP contribution in [-0.2, 0) is 0 Å². The third kappa shape index (κ3) is 2.88. The molecule has 0 amide bonds. The predicted octanol–water partition coefficient (Wildman–Crippen LogP) is 4.01. The van der Waals surface area contributed by atoms with Crippen molar-refractivity contribution < 1.29 is 25.5 Å². The molecule has 0 atom stereocenters. The van der Waals surface area contributed by atoms with Gasteiger partial charge in [0, 0.05) is 17.0 Å². The average molecular weight is 352 g/mol. The highest BCUT2D eigenvalue weighted by Crippen LogP contribution is 2.46. The lowest BCUT2D eigenvalue weighted by molar-refractivity contribution is 0.441. The third-order valence-corrected chi connectivity index (χ3v) is 4.73. The number of phenolic OH excluding ortho intramolecular Hbond substituents is 5. The molecule has 0 spiro atoms. The maximum atomic E-state index is 10.5. The minimum Gasteiger partial charge on any atom is -0.508 e. The molecule has 26 heavy (non-hydrogen) atoms. The van der Waals surface area contributed by atoms with Crippen molar-refractivity contribution in [3.05, 3.63) is 76.3 Å². The zero-order valence-corrected chi connectivity index (χ0v) is 14.4. The van der Waals surface area contributed by atoms with Gasteiger partial charge >= 0.3 is 0 Å². The van der Waals surface area contributed by atoms with E-state index >= 15 is 0 Å². The highest BCUT2D eigenvalue weighted by molar-refractivity contribution is 5.61. The molecule has 0 bridgehead atoms. The normalized spacial score (nSPS) is 11.0. The Morgan fingerprint density at radius 1 is 0.538 bits per heavy atom. The van der Waals surface area contributed by atoms with Gasteiger partial charge in [-0.3, -0.25) is 0 Å². The molecular formula is C21H20O5. The molecule has 0 aliphatic heterocycles. The van der Waals surface area contributed by atoms with Crippen LogP contribution in [0.2, 0.25) is 0 Å². The summed E-state index contributed by atoms with van der Waals surface area (Å²) in [5.41, 5.74) is 2.44. The average Bonchev–Trinajstić information content (AvgIpc) is 2.61. The molecule has 0 radical (unpaired) electrons. The Hall–Kier alpha value is -3.34. The van der Waals surface area contributed by atoms with E-state index in [4.69, 9.17) is 0 Å². The molecule has 5 nitrogen and oxygen atoms in total. The van der Waals surface area contributed by atoms with Crippen LogP contribution in [0.5, 0.6) is 28.7 Å². The minimum absolute atomic E-state index is 0.0128. The van der Waals surface area contributed by atoms with Crippen molar-refractivity contribution in [3.8, 4) is 28.7 Å². The molecule has 0 saturated heterocycles. The van der Waals surface area contributed by atoms with E-state index in [0.717, 1.165) is 0 Å². The van der Waals surface area contributed by atoms with Gasteiger partial charge in [-0.05, 0) is 66.9 Å². The van der Waals surface area contributed by atoms with Gasteiger partial charge in [0.1, 0.15) is 28.7 Å². The first-order valence-electron chi connectivity index (χ1n) is 8.13. The summed E-state index contributed by atoms with van der Waals surface area (Å²) in [6.45, 7) is 3.35. The monoisotopic (exact) mass is 352 g/mol. The Bertz CT molecular complexity index is 904. The summed E-state index contributed by atoms with van der Waals surface area (Å²) in [4.78, 5) is 0. The second kappa shape index (κ2) is 6.52. The Balaban J connectivity index is 2.38. The number of hydrogen-bond donors (Lipinski definition) is 5. The first kappa shape index (κ1) is 17.5. The van der Waals surface area contributed by atoms with E-state index in [2.05, 4.69) is 0 Å². The van der Waals surface area contributed by atoms with E-state index in [0.29, 0.717) is 27.8 Å². The van der Waals surface area contributed by atoms with Crippen LogP contribution >= 0.6 is 0 Å². The van der Waals surface area contributed by atoms with Gasteiger partial charge in [-0.15, -0.1) is 0 Å². The van der Waals surface area contributed by atoms with Crippen molar-refractivity contribution in [1.29, 1.82) is 0 Å². The summed E-state index contributed by atoms with van der Waals surface area (Å²) in [6, 6.07) is 11.9. The quantitative estimate of drug-likeness (QED) is 0.362. The van der Waals surface area contributed by atoms with Crippen molar-refractivity contribution in [3.63, 3.8) is 0 Å². The van der Waals surface area contributed by atoms with Crippen LogP contribution in [0.1, 0.15) is 33.7 Å². The largest absolute Gasteiger partial charge is 0.508 e. The van der Waals surface area contributed by atoms with E-state index in [9.17, 15) is 25.5 Å². The molecule has 0 aliphatic carbocycles. The Kier molecular flexibility index (Phi) is 4.38. The Morgan fingerprint density at radius 2 is 0.923 bits per heavy atom.